The lowest BCUT2D eigenvalue weighted by molar-refractivity contribution is -0.177. The van der Waals surface area contributed by atoms with Gasteiger partial charge in [0.1, 0.15) is 23.6 Å². The second kappa shape index (κ2) is 10.2. The van der Waals surface area contributed by atoms with Crippen molar-refractivity contribution in [3.05, 3.63) is 94.5 Å². The van der Waals surface area contributed by atoms with Crippen LogP contribution in [0, 0.1) is 0 Å². The molecule has 3 aromatic rings. The zero-order chi connectivity index (χ0) is 23.4. The van der Waals surface area contributed by atoms with Crippen LogP contribution in [0.25, 0.3) is 0 Å². The van der Waals surface area contributed by atoms with Crippen molar-refractivity contribution in [3.63, 3.8) is 0 Å². The molecule has 1 heterocycles. The molecular formula is C28H32ClNO3. The van der Waals surface area contributed by atoms with Crippen molar-refractivity contribution < 1.29 is 14.2 Å². The van der Waals surface area contributed by atoms with Gasteiger partial charge in [0.05, 0.1) is 12.7 Å². The SMILES string of the molecule is CC(C)OC1c2cc(NCc3ccccc3)ccc2OC(C)(C)C1OCc1cccc(Cl)c1. The highest BCUT2D eigenvalue weighted by Crippen LogP contribution is 2.45. The first-order chi connectivity index (χ1) is 15.8. The number of nitrogens with one attached hydrogen (secondary N) is 1. The Morgan fingerprint density at radius 1 is 0.970 bits per heavy atom. The van der Waals surface area contributed by atoms with E-state index in [0.29, 0.717) is 11.6 Å². The molecule has 0 aliphatic carbocycles. The smallest absolute Gasteiger partial charge is 0.132 e. The Labute approximate surface area is 201 Å². The number of halogens is 1. The Morgan fingerprint density at radius 3 is 2.45 bits per heavy atom. The van der Waals surface area contributed by atoms with Gasteiger partial charge in [-0.25, -0.2) is 0 Å². The predicted octanol–water partition coefficient (Wildman–Crippen LogP) is 7.17. The highest BCUT2D eigenvalue weighted by Gasteiger charge is 2.46. The highest BCUT2D eigenvalue weighted by atomic mass is 35.5. The molecule has 2 unspecified atom stereocenters. The standard InChI is InChI=1S/C28H32ClNO3/c1-19(2)32-26-24-16-23(30-17-20-9-6-5-7-10-20)13-14-25(24)33-28(3,4)27(26)31-18-21-11-8-12-22(29)15-21/h5-16,19,26-27,30H,17-18H2,1-4H3. The average molecular weight is 466 g/mol. The van der Waals surface area contributed by atoms with E-state index in [4.69, 9.17) is 25.8 Å². The largest absolute Gasteiger partial charge is 0.485 e. The summed E-state index contributed by atoms with van der Waals surface area (Å²) in [6, 6.07) is 24.3. The van der Waals surface area contributed by atoms with Crippen molar-refractivity contribution >= 4 is 17.3 Å². The van der Waals surface area contributed by atoms with Gasteiger partial charge in [0.25, 0.3) is 0 Å². The molecule has 1 aliphatic rings. The summed E-state index contributed by atoms with van der Waals surface area (Å²) < 4.78 is 19.3. The maximum Gasteiger partial charge on any atom is 0.132 e. The summed E-state index contributed by atoms with van der Waals surface area (Å²) in [6.45, 7) is 9.38. The summed E-state index contributed by atoms with van der Waals surface area (Å²) in [7, 11) is 0. The van der Waals surface area contributed by atoms with Gasteiger partial charge in [0.2, 0.25) is 0 Å². The van der Waals surface area contributed by atoms with E-state index in [9.17, 15) is 0 Å². The van der Waals surface area contributed by atoms with Gasteiger partial charge in [-0.1, -0.05) is 54.1 Å². The van der Waals surface area contributed by atoms with Crippen molar-refractivity contribution in [2.75, 3.05) is 5.32 Å². The summed E-state index contributed by atoms with van der Waals surface area (Å²) in [5.41, 5.74) is 3.70. The summed E-state index contributed by atoms with van der Waals surface area (Å²) in [5, 5.41) is 4.22. The Kier molecular flexibility index (Phi) is 7.28. The van der Waals surface area contributed by atoms with Gasteiger partial charge >= 0.3 is 0 Å². The van der Waals surface area contributed by atoms with Crippen molar-refractivity contribution in [2.24, 2.45) is 0 Å². The van der Waals surface area contributed by atoms with E-state index in [1.54, 1.807) is 0 Å². The van der Waals surface area contributed by atoms with E-state index < -0.39 is 5.60 Å². The van der Waals surface area contributed by atoms with Crippen LogP contribution in [0.15, 0.2) is 72.8 Å². The third-order valence-corrected chi connectivity index (χ3v) is 5.96. The second-order valence-corrected chi connectivity index (χ2v) is 9.70. The number of ether oxygens (including phenoxy) is 3. The van der Waals surface area contributed by atoms with Gasteiger partial charge < -0.3 is 19.5 Å². The molecule has 0 radical (unpaired) electrons. The van der Waals surface area contributed by atoms with E-state index in [2.05, 4.69) is 43.4 Å². The minimum atomic E-state index is -0.565. The van der Waals surface area contributed by atoms with Gasteiger partial charge in [-0.05, 0) is 69.2 Å². The van der Waals surface area contributed by atoms with Crippen LogP contribution in [-0.2, 0) is 22.6 Å². The normalized spacial score (nSPS) is 19.1. The fourth-order valence-electron chi connectivity index (χ4n) is 4.18. The van der Waals surface area contributed by atoms with Crippen molar-refractivity contribution in [2.45, 2.75) is 64.8 Å². The molecule has 0 saturated carbocycles. The fraction of sp³-hybridized carbons (Fsp3) is 0.357. The highest BCUT2D eigenvalue weighted by molar-refractivity contribution is 6.30. The van der Waals surface area contributed by atoms with Gasteiger partial charge in [0.15, 0.2) is 0 Å². The van der Waals surface area contributed by atoms with Crippen LogP contribution in [-0.4, -0.2) is 17.8 Å². The molecule has 174 valence electrons. The molecular weight excluding hydrogens is 434 g/mol. The molecule has 3 aromatic carbocycles. The molecule has 4 rings (SSSR count). The number of hydrogen-bond acceptors (Lipinski definition) is 4. The molecule has 2 atom stereocenters. The first-order valence-corrected chi connectivity index (χ1v) is 11.8. The van der Waals surface area contributed by atoms with Crippen LogP contribution < -0.4 is 10.1 Å². The van der Waals surface area contributed by atoms with E-state index >= 15 is 0 Å². The maximum absolute atomic E-state index is 6.45. The third-order valence-electron chi connectivity index (χ3n) is 5.73. The average Bonchev–Trinajstić information content (AvgIpc) is 2.77. The summed E-state index contributed by atoms with van der Waals surface area (Å²) in [5.74, 6) is 0.832. The van der Waals surface area contributed by atoms with Gasteiger partial charge in [-0.2, -0.15) is 0 Å². The first-order valence-electron chi connectivity index (χ1n) is 11.4. The van der Waals surface area contributed by atoms with E-state index in [1.807, 2.05) is 62.4 Å². The number of benzene rings is 3. The third kappa shape index (κ3) is 5.89. The minimum Gasteiger partial charge on any atom is -0.485 e. The van der Waals surface area contributed by atoms with Crippen LogP contribution in [0.5, 0.6) is 5.75 Å². The molecule has 0 spiro atoms. The molecule has 33 heavy (non-hydrogen) atoms. The number of rotatable bonds is 8. The van der Waals surface area contributed by atoms with Gasteiger partial charge in [0, 0.05) is 22.8 Å². The summed E-state index contributed by atoms with van der Waals surface area (Å²) >= 11 is 6.17. The zero-order valence-corrected chi connectivity index (χ0v) is 20.4. The minimum absolute atomic E-state index is 0.0370. The lowest BCUT2D eigenvalue weighted by Crippen LogP contribution is -2.51. The monoisotopic (exact) mass is 465 g/mol. The van der Waals surface area contributed by atoms with Crippen LogP contribution in [0.3, 0.4) is 0 Å². The van der Waals surface area contributed by atoms with Gasteiger partial charge in [-0.3, -0.25) is 0 Å². The Hall–Kier alpha value is -2.53. The molecule has 0 fully saturated rings. The van der Waals surface area contributed by atoms with Crippen LogP contribution >= 0.6 is 11.6 Å². The molecule has 1 aliphatic heterocycles. The Balaban J connectivity index is 1.59. The van der Waals surface area contributed by atoms with Crippen molar-refractivity contribution in [1.82, 2.24) is 0 Å². The number of hydrogen-bond donors (Lipinski definition) is 1. The van der Waals surface area contributed by atoms with Crippen LogP contribution in [0.1, 0.15) is 50.5 Å². The molecule has 1 N–H and O–H groups in total. The van der Waals surface area contributed by atoms with E-state index in [0.717, 1.165) is 29.1 Å². The Bertz CT molecular complexity index is 1070. The summed E-state index contributed by atoms with van der Waals surface area (Å²) in [6.07, 6.45) is -0.521. The molecule has 0 bridgehead atoms. The lowest BCUT2D eigenvalue weighted by Gasteiger charge is -2.45. The number of anilines is 1. The zero-order valence-electron chi connectivity index (χ0n) is 19.7. The quantitative estimate of drug-likeness (QED) is 0.382. The molecule has 0 saturated heterocycles. The van der Waals surface area contributed by atoms with Crippen molar-refractivity contribution in [3.8, 4) is 5.75 Å². The molecule has 0 aromatic heterocycles. The fourth-order valence-corrected chi connectivity index (χ4v) is 4.39. The summed E-state index contributed by atoms with van der Waals surface area (Å²) in [4.78, 5) is 0. The predicted molar refractivity (Wildman–Crippen MR) is 134 cm³/mol. The number of fused-ring (bicyclic) bond motifs is 1. The molecule has 5 heteroatoms. The van der Waals surface area contributed by atoms with E-state index in [-0.39, 0.29) is 18.3 Å². The van der Waals surface area contributed by atoms with Crippen LogP contribution in [0.2, 0.25) is 5.02 Å². The Morgan fingerprint density at radius 2 is 1.73 bits per heavy atom. The van der Waals surface area contributed by atoms with Crippen molar-refractivity contribution in [1.29, 1.82) is 0 Å². The van der Waals surface area contributed by atoms with Gasteiger partial charge in [-0.15, -0.1) is 0 Å². The lowest BCUT2D eigenvalue weighted by atomic mass is 9.87. The van der Waals surface area contributed by atoms with Crippen LogP contribution in [0.4, 0.5) is 5.69 Å². The second-order valence-electron chi connectivity index (χ2n) is 9.26. The van der Waals surface area contributed by atoms with E-state index in [1.165, 1.54) is 5.56 Å². The molecule has 4 nitrogen and oxygen atoms in total. The topological polar surface area (TPSA) is 39.7 Å². The maximum atomic E-state index is 6.45. The first kappa shape index (κ1) is 23.6. The molecule has 0 amide bonds.